The fourth-order valence-electron chi connectivity index (χ4n) is 3.41. The van der Waals surface area contributed by atoms with Crippen molar-refractivity contribution in [3.05, 3.63) is 41.0 Å². The first-order chi connectivity index (χ1) is 13.4. The van der Waals surface area contributed by atoms with E-state index < -0.39 is 0 Å². The van der Waals surface area contributed by atoms with E-state index in [1.807, 2.05) is 0 Å². The van der Waals surface area contributed by atoms with Crippen molar-refractivity contribution in [2.45, 2.75) is 71.8 Å². The molecular weight excluding hydrogens is 350 g/mol. The quantitative estimate of drug-likeness (QED) is 0.402. The van der Waals surface area contributed by atoms with E-state index in [0.29, 0.717) is 0 Å². The van der Waals surface area contributed by atoms with Crippen LogP contribution in [0.25, 0.3) is 6.08 Å². The minimum Gasteiger partial charge on any atom is -0.483 e. The minimum atomic E-state index is -0.338. The fourth-order valence-corrected chi connectivity index (χ4v) is 3.41. The summed E-state index contributed by atoms with van der Waals surface area (Å²) in [7, 11) is 1.52. The van der Waals surface area contributed by atoms with Crippen LogP contribution in [0.5, 0.6) is 5.75 Å². The maximum atomic E-state index is 12.1. The number of anilines is 1. The molecule has 154 valence electrons. The maximum Gasteiger partial charge on any atom is 0.250 e. The Kier molecular flexibility index (Phi) is 8.31. The first-order valence-electron chi connectivity index (χ1n) is 10.3. The molecule has 0 aliphatic carbocycles. The highest BCUT2D eigenvalue weighted by molar-refractivity contribution is 5.95. The molecule has 0 saturated carbocycles. The third kappa shape index (κ3) is 6.52. The van der Waals surface area contributed by atoms with E-state index in [4.69, 9.17) is 9.47 Å². The first kappa shape index (κ1) is 22.2. The molecule has 0 aromatic heterocycles. The average Bonchev–Trinajstić information content (AvgIpc) is 2.61. The van der Waals surface area contributed by atoms with Gasteiger partial charge in [0, 0.05) is 12.7 Å². The van der Waals surface area contributed by atoms with Gasteiger partial charge in [-0.25, -0.2) is 0 Å². The predicted octanol–water partition coefficient (Wildman–Crippen LogP) is 5.91. The number of ether oxygens (including phenoxy) is 2. The van der Waals surface area contributed by atoms with Crippen molar-refractivity contribution in [2.75, 3.05) is 19.0 Å². The zero-order chi connectivity index (χ0) is 20.6. The second kappa shape index (κ2) is 10.5. The number of allylic oxidation sites excluding steroid dienone is 2. The summed E-state index contributed by atoms with van der Waals surface area (Å²) in [5.41, 5.74) is 3.92. The lowest BCUT2D eigenvalue weighted by Gasteiger charge is -2.32. The number of carbonyl (C=O) groups is 1. The Morgan fingerprint density at radius 3 is 2.75 bits per heavy atom. The Balaban J connectivity index is 2.27. The molecule has 1 unspecified atom stereocenters. The van der Waals surface area contributed by atoms with Crippen LogP contribution in [0.3, 0.4) is 0 Å². The number of hydrogen-bond donors (Lipinski definition) is 1. The maximum absolute atomic E-state index is 12.1. The van der Waals surface area contributed by atoms with Gasteiger partial charge in [0.1, 0.15) is 18.0 Å². The van der Waals surface area contributed by atoms with E-state index >= 15 is 0 Å². The van der Waals surface area contributed by atoms with Crippen LogP contribution in [-0.4, -0.2) is 25.2 Å². The molecule has 4 nitrogen and oxygen atoms in total. The molecule has 0 spiro atoms. The number of amides is 1. The van der Waals surface area contributed by atoms with E-state index in [9.17, 15) is 4.79 Å². The molecule has 1 aliphatic rings. The molecule has 0 bridgehead atoms. The average molecular weight is 386 g/mol. The fraction of sp³-hybridized carbons (Fsp3) is 0.542. The predicted molar refractivity (Wildman–Crippen MR) is 117 cm³/mol. The number of methoxy groups -OCH3 is 1. The van der Waals surface area contributed by atoms with Crippen molar-refractivity contribution in [3.63, 3.8) is 0 Å². The first-order valence-corrected chi connectivity index (χ1v) is 10.3. The number of nitrogens with one attached hydrogen (secondary N) is 1. The van der Waals surface area contributed by atoms with Gasteiger partial charge in [-0.2, -0.15) is 0 Å². The largest absolute Gasteiger partial charge is 0.483 e. The standard InChI is InChI=1S/C24H35NO3/c1-6-7-8-11-19-15-21(25-23(26)17-27-5)20-12-14-24(4,28-22(20)16-19)13-9-10-18(2)3/h10,12,14-16H,6-9,11,13,17H2,1-5H3,(H,25,26). The van der Waals surface area contributed by atoms with E-state index in [1.165, 1.54) is 31.1 Å². The third-order valence-electron chi connectivity index (χ3n) is 4.96. The number of fused-ring (bicyclic) bond motifs is 1. The monoisotopic (exact) mass is 385 g/mol. The molecule has 28 heavy (non-hydrogen) atoms. The summed E-state index contributed by atoms with van der Waals surface area (Å²) in [6, 6.07) is 4.21. The summed E-state index contributed by atoms with van der Waals surface area (Å²) >= 11 is 0. The van der Waals surface area contributed by atoms with Gasteiger partial charge in [-0.1, -0.05) is 31.4 Å². The lowest BCUT2D eigenvalue weighted by atomic mass is 9.93. The molecule has 1 N–H and O–H groups in total. The summed E-state index contributed by atoms with van der Waals surface area (Å²) in [5, 5.41) is 2.98. The number of aryl methyl sites for hydroxylation is 1. The van der Waals surface area contributed by atoms with Gasteiger partial charge in [0.2, 0.25) is 5.91 Å². The number of benzene rings is 1. The van der Waals surface area contributed by atoms with Gasteiger partial charge >= 0.3 is 0 Å². The van der Waals surface area contributed by atoms with Crippen molar-refractivity contribution in [2.24, 2.45) is 0 Å². The van der Waals surface area contributed by atoms with E-state index in [-0.39, 0.29) is 18.1 Å². The van der Waals surface area contributed by atoms with Gasteiger partial charge in [-0.3, -0.25) is 4.79 Å². The normalized spacial score (nSPS) is 17.6. The van der Waals surface area contributed by atoms with Gasteiger partial charge in [-0.15, -0.1) is 0 Å². The summed E-state index contributed by atoms with van der Waals surface area (Å²) in [4.78, 5) is 12.1. The van der Waals surface area contributed by atoms with Gasteiger partial charge in [0.05, 0.1) is 5.69 Å². The van der Waals surface area contributed by atoms with Crippen molar-refractivity contribution in [1.82, 2.24) is 0 Å². The SMILES string of the molecule is CCCCCc1cc(NC(=O)COC)c2c(c1)OC(C)(CCC=C(C)C)C=C2. The van der Waals surface area contributed by atoms with E-state index in [0.717, 1.165) is 42.7 Å². The molecule has 0 fully saturated rings. The minimum absolute atomic E-state index is 0.0415. The molecule has 4 heteroatoms. The summed E-state index contributed by atoms with van der Waals surface area (Å²) in [6.07, 6.45) is 12.8. The van der Waals surface area contributed by atoms with Crippen LogP contribution in [0.2, 0.25) is 0 Å². The van der Waals surface area contributed by atoms with Crippen molar-refractivity contribution < 1.29 is 14.3 Å². The topological polar surface area (TPSA) is 47.6 Å². The van der Waals surface area contributed by atoms with E-state index in [1.54, 1.807) is 0 Å². The molecule has 1 aromatic rings. The van der Waals surface area contributed by atoms with Crippen LogP contribution >= 0.6 is 0 Å². The molecule has 1 atom stereocenters. The van der Waals surface area contributed by atoms with Crippen molar-refractivity contribution in [1.29, 1.82) is 0 Å². The molecular formula is C24H35NO3. The van der Waals surface area contributed by atoms with Crippen LogP contribution in [0.1, 0.15) is 70.9 Å². The number of unbranched alkanes of at least 4 members (excludes halogenated alkanes) is 2. The number of hydrogen-bond acceptors (Lipinski definition) is 3. The zero-order valence-corrected chi connectivity index (χ0v) is 18.1. The summed E-state index contributed by atoms with van der Waals surface area (Å²) in [5.74, 6) is 0.699. The molecule has 0 saturated heterocycles. The molecule has 0 radical (unpaired) electrons. The highest BCUT2D eigenvalue weighted by Gasteiger charge is 2.28. The Bertz CT molecular complexity index is 732. The van der Waals surface area contributed by atoms with Gasteiger partial charge in [-0.05, 0) is 76.3 Å². The number of rotatable bonds is 10. The summed E-state index contributed by atoms with van der Waals surface area (Å²) < 4.78 is 11.4. The Labute approximate surface area is 170 Å². The van der Waals surface area contributed by atoms with Crippen LogP contribution < -0.4 is 10.1 Å². The Morgan fingerprint density at radius 2 is 2.07 bits per heavy atom. The lowest BCUT2D eigenvalue weighted by Crippen LogP contribution is -2.32. The van der Waals surface area contributed by atoms with E-state index in [2.05, 4.69) is 63.4 Å². The van der Waals surface area contributed by atoms with Gasteiger partial charge in [0.25, 0.3) is 0 Å². The molecule has 1 heterocycles. The molecule has 1 amide bonds. The molecule has 2 rings (SSSR count). The highest BCUT2D eigenvalue weighted by Crippen LogP contribution is 2.39. The van der Waals surface area contributed by atoms with Crippen LogP contribution in [0, 0.1) is 0 Å². The second-order valence-electron chi connectivity index (χ2n) is 8.06. The van der Waals surface area contributed by atoms with Crippen LogP contribution in [0.4, 0.5) is 5.69 Å². The zero-order valence-electron chi connectivity index (χ0n) is 18.1. The smallest absolute Gasteiger partial charge is 0.250 e. The van der Waals surface area contributed by atoms with Crippen molar-refractivity contribution in [3.8, 4) is 5.75 Å². The second-order valence-corrected chi connectivity index (χ2v) is 8.06. The third-order valence-corrected chi connectivity index (χ3v) is 4.96. The summed E-state index contributed by atoms with van der Waals surface area (Å²) in [6.45, 7) is 8.60. The van der Waals surface area contributed by atoms with Crippen molar-refractivity contribution >= 4 is 17.7 Å². The molecule has 1 aliphatic heterocycles. The number of carbonyl (C=O) groups excluding carboxylic acids is 1. The van der Waals surface area contributed by atoms with Gasteiger partial charge in [0.15, 0.2) is 0 Å². The Hall–Kier alpha value is -2.07. The van der Waals surface area contributed by atoms with Gasteiger partial charge < -0.3 is 14.8 Å². The Morgan fingerprint density at radius 1 is 1.29 bits per heavy atom. The highest BCUT2D eigenvalue weighted by atomic mass is 16.5. The van der Waals surface area contributed by atoms with Crippen LogP contribution in [0.15, 0.2) is 29.9 Å². The lowest BCUT2D eigenvalue weighted by molar-refractivity contribution is -0.119. The molecule has 1 aromatic carbocycles. The van der Waals surface area contributed by atoms with Crippen LogP contribution in [-0.2, 0) is 16.0 Å².